The maximum atomic E-state index is 11.5. The Balaban J connectivity index is 1.69. The Morgan fingerprint density at radius 1 is 1.33 bits per heavy atom. The first-order valence-corrected chi connectivity index (χ1v) is 10.5. The number of likely N-dealkylation sites (N-methyl/N-ethyl adjacent to an activating group) is 1. The molecule has 0 radical (unpaired) electrons. The largest absolute Gasteiger partial charge is 0.504 e. The average Bonchev–Trinajstić information content (AvgIpc) is 3.02. The molecule has 2 aliphatic heterocycles. The van der Waals surface area contributed by atoms with Crippen LogP contribution in [0.1, 0.15) is 50.2 Å². The number of hydrogen-bond acceptors (Lipinski definition) is 5. The molecule has 148 valence electrons. The minimum absolute atomic E-state index is 0.00771. The van der Waals surface area contributed by atoms with Gasteiger partial charge in [-0.05, 0) is 56.8 Å². The average molecular weight is 373 g/mol. The number of unbranched alkanes of at least 4 members (excludes halogenated alkanes) is 1. The number of hydrogen-bond donors (Lipinski definition) is 3. The van der Waals surface area contributed by atoms with Crippen molar-refractivity contribution in [3.8, 4) is 11.5 Å². The molecule has 4 aliphatic rings. The molecular formula is C22H31NO4. The smallest absolute Gasteiger partial charge is 0.165 e. The molecule has 2 bridgehead atoms. The highest BCUT2D eigenvalue weighted by molar-refractivity contribution is 5.61. The van der Waals surface area contributed by atoms with Gasteiger partial charge in [0.1, 0.15) is 6.10 Å². The molecule has 0 amide bonds. The van der Waals surface area contributed by atoms with Gasteiger partial charge >= 0.3 is 0 Å². The minimum atomic E-state index is -0.716. The molecule has 1 saturated heterocycles. The van der Waals surface area contributed by atoms with Gasteiger partial charge in [-0.15, -0.1) is 0 Å². The summed E-state index contributed by atoms with van der Waals surface area (Å²) in [4.78, 5) is 2.46. The van der Waals surface area contributed by atoms with Crippen LogP contribution < -0.4 is 4.74 Å². The summed E-state index contributed by atoms with van der Waals surface area (Å²) in [6, 6.07) is 4.18. The predicted molar refractivity (Wildman–Crippen MR) is 102 cm³/mol. The van der Waals surface area contributed by atoms with Gasteiger partial charge in [0.25, 0.3) is 0 Å². The van der Waals surface area contributed by atoms with Gasteiger partial charge in [-0.1, -0.05) is 25.8 Å². The maximum Gasteiger partial charge on any atom is 0.165 e. The van der Waals surface area contributed by atoms with Crippen LogP contribution in [0.15, 0.2) is 12.1 Å². The van der Waals surface area contributed by atoms with Gasteiger partial charge in [-0.25, -0.2) is 0 Å². The number of rotatable bonds is 4. The topological polar surface area (TPSA) is 73.2 Å². The first-order chi connectivity index (χ1) is 13.0. The molecule has 1 saturated carbocycles. The van der Waals surface area contributed by atoms with Crippen LogP contribution in [0.2, 0.25) is 0 Å². The zero-order chi connectivity index (χ0) is 19.0. The van der Waals surface area contributed by atoms with E-state index in [-0.39, 0.29) is 23.9 Å². The fourth-order valence-corrected chi connectivity index (χ4v) is 6.90. The summed E-state index contributed by atoms with van der Waals surface area (Å²) in [5, 5.41) is 32.4. The van der Waals surface area contributed by atoms with Gasteiger partial charge < -0.3 is 25.0 Å². The van der Waals surface area contributed by atoms with Gasteiger partial charge in [0.2, 0.25) is 0 Å². The third-order valence-electron chi connectivity index (χ3n) is 8.32. The lowest BCUT2D eigenvalue weighted by atomic mass is 9.46. The van der Waals surface area contributed by atoms with Crippen molar-refractivity contribution < 1.29 is 20.1 Å². The van der Waals surface area contributed by atoms with E-state index in [1.807, 2.05) is 6.07 Å². The molecule has 27 heavy (non-hydrogen) atoms. The lowest BCUT2D eigenvalue weighted by Crippen LogP contribution is -2.70. The van der Waals surface area contributed by atoms with Crippen LogP contribution in [0, 0.1) is 11.3 Å². The molecule has 2 aliphatic carbocycles. The molecule has 3 N–H and O–H groups in total. The van der Waals surface area contributed by atoms with E-state index in [1.165, 1.54) is 5.56 Å². The van der Waals surface area contributed by atoms with Crippen LogP contribution in [-0.2, 0) is 11.8 Å². The van der Waals surface area contributed by atoms with Gasteiger partial charge in [-0.3, -0.25) is 0 Å². The summed E-state index contributed by atoms with van der Waals surface area (Å²) in [7, 11) is 2.20. The number of aromatic hydroxyl groups is 1. The molecule has 1 aromatic rings. The quantitative estimate of drug-likeness (QED) is 0.755. The van der Waals surface area contributed by atoms with Crippen LogP contribution >= 0.6 is 0 Å². The van der Waals surface area contributed by atoms with Gasteiger partial charge in [0.15, 0.2) is 11.5 Å². The number of phenolic OH excluding ortho intramolecular Hbond substituents is 1. The highest BCUT2D eigenvalue weighted by atomic mass is 16.5. The van der Waals surface area contributed by atoms with Crippen LogP contribution in [0.3, 0.4) is 0 Å². The van der Waals surface area contributed by atoms with E-state index in [2.05, 4.69) is 18.9 Å². The van der Waals surface area contributed by atoms with Crippen LogP contribution in [-0.4, -0.2) is 58.7 Å². The van der Waals surface area contributed by atoms with Crippen molar-refractivity contribution in [3.63, 3.8) is 0 Å². The second-order valence-electron chi connectivity index (χ2n) is 9.41. The number of piperidine rings is 1. The predicted octanol–water partition coefficient (Wildman–Crippen LogP) is 2.20. The maximum absolute atomic E-state index is 11.5. The summed E-state index contributed by atoms with van der Waals surface area (Å²) in [5.41, 5.74) is 1.67. The molecule has 1 aromatic carbocycles. The standard InChI is InChI=1S/C22H31NO4/c1-3-4-7-21(12-24)11-14-15-10-13-5-6-16(25)18-17(13)22(14,8-9-23(15)2)20(27-18)19(21)26/h5-6,14-15,19-20,24-26H,3-4,7-12H2,1-2H3/t14?,15?,19-,20?,21+,22?/m0/s1. The van der Waals surface area contributed by atoms with Crippen molar-refractivity contribution >= 4 is 0 Å². The van der Waals surface area contributed by atoms with Crippen molar-refractivity contribution in [2.45, 2.75) is 69.1 Å². The number of phenols is 1. The van der Waals surface area contributed by atoms with Crippen molar-refractivity contribution in [1.29, 1.82) is 0 Å². The van der Waals surface area contributed by atoms with E-state index in [1.54, 1.807) is 6.07 Å². The van der Waals surface area contributed by atoms with Gasteiger partial charge in [-0.2, -0.15) is 0 Å². The van der Waals surface area contributed by atoms with Gasteiger partial charge in [0.05, 0.1) is 12.7 Å². The summed E-state index contributed by atoms with van der Waals surface area (Å²) >= 11 is 0. The molecule has 0 aromatic heterocycles. The SMILES string of the molecule is CCCC[C@]1(CO)CC2C3Cc4ccc(O)c5c4C2(CCN3C)C(O5)[C@@H]1O. The highest BCUT2D eigenvalue weighted by Crippen LogP contribution is 2.66. The molecule has 2 heterocycles. The molecule has 1 spiro atoms. The molecule has 5 heteroatoms. The third-order valence-corrected chi connectivity index (χ3v) is 8.32. The number of ether oxygens (including phenoxy) is 1. The van der Waals surface area contributed by atoms with E-state index in [0.717, 1.165) is 50.6 Å². The summed E-state index contributed by atoms with van der Waals surface area (Å²) in [6.07, 6.45) is 4.48. The van der Waals surface area contributed by atoms with E-state index in [9.17, 15) is 15.3 Å². The molecule has 4 unspecified atom stereocenters. The zero-order valence-electron chi connectivity index (χ0n) is 16.3. The Labute approximate surface area is 161 Å². The van der Waals surface area contributed by atoms with Crippen molar-refractivity contribution in [1.82, 2.24) is 4.90 Å². The summed E-state index contributed by atoms with van der Waals surface area (Å²) < 4.78 is 6.36. The van der Waals surface area contributed by atoms with Gasteiger partial charge in [0, 0.05) is 22.4 Å². The number of nitrogens with zero attached hydrogens (tertiary/aromatic N) is 1. The van der Waals surface area contributed by atoms with E-state index in [4.69, 9.17) is 4.74 Å². The normalized spacial score (nSPS) is 41.9. The molecular weight excluding hydrogens is 342 g/mol. The van der Waals surface area contributed by atoms with E-state index >= 15 is 0 Å². The molecule has 5 rings (SSSR count). The highest BCUT2D eigenvalue weighted by Gasteiger charge is 2.69. The number of aliphatic hydroxyl groups is 2. The van der Waals surface area contributed by atoms with Crippen LogP contribution in [0.4, 0.5) is 0 Å². The first kappa shape index (κ1) is 17.8. The summed E-state index contributed by atoms with van der Waals surface area (Å²) in [6.45, 7) is 3.12. The third kappa shape index (κ3) is 2.05. The minimum Gasteiger partial charge on any atom is -0.504 e. The van der Waals surface area contributed by atoms with Crippen LogP contribution in [0.25, 0.3) is 0 Å². The Morgan fingerprint density at radius 2 is 2.15 bits per heavy atom. The summed E-state index contributed by atoms with van der Waals surface area (Å²) in [5.74, 6) is 1.11. The van der Waals surface area contributed by atoms with Crippen LogP contribution in [0.5, 0.6) is 11.5 Å². The monoisotopic (exact) mass is 373 g/mol. The number of benzene rings is 1. The number of aliphatic hydroxyl groups excluding tert-OH is 2. The number of likely N-dealkylation sites (tertiary alicyclic amines) is 1. The Bertz CT molecular complexity index is 767. The zero-order valence-corrected chi connectivity index (χ0v) is 16.3. The molecule has 2 fully saturated rings. The van der Waals surface area contributed by atoms with E-state index in [0.29, 0.717) is 17.7 Å². The Hall–Kier alpha value is -1.30. The lowest BCUT2D eigenvalue weighted by Gasteiger charge is -2.62. The second kappa shape index (κ2) is 5.85. The van der Waals surface area contributed by atoms with Crippen molar-refractivity contribution in [2.75, 3.05) is 20.2 Å². The van der Waals surface area contributed by atoms with Crippen molar-refractivity contribution in [3.05, 3.63) is 23.3 Å². The molecule has 6 atom stereocenters. The Morgan fingerprint density at radius 3 is 2.89 bits per heavy atom. The Kier molecular flexibility index (Phi) is 3.85. The van der Waals surface area contributed by atoms with Crippen molar-refractivity contribution in [2.24, 2.45) is 11.3 Å². The van der Waals surface area contributed by atoms with E-state index < -0.39 is 11.5 Å². The lowest BCUT2D eigenvalue weighted by molar-refractivity contribution is -0.179. The second-order valence-corrected chi connectivity index (χ2v) is 9.41. The fourth-order valence-electron chi connectivity index (χ4n) is 6.90. The molecule has 5 nitrogen and oxygen atoms in total. The first-order valence-electron chi connectivity index (χ1n) is 10.5. The fraction of sp³-hybridized carbons (Fsp3) is 0.727.